The molecule has 9 heteroatoms. The first-order valence-corrected chi connectivity index (χ1v) is 8.91. The van der Waals surface area contributed by atoms with E-state index in [0.29, 0.717) is 3.92 Å². The number of rotatable bonds is 3. The van der Waals surface area contributed by atoms with Gasteiger partial charge < -0.3 is 14.7 Å². The van der Waals surface area contributed by atoms with Crippen LogP contribution in [0.1, 0.15) is 25.7 Å². The highest BCUT2D eigenvalue weighted by atomic mass is 79.9. The van der Waals surface area contributed by atoms with Gasteiger partial charge in [0.25, 0.3) is 0 Å². The molecule has 2 saturated heterocycles. The molecular formula is C12H19BBrFN4OS. The number of nitrogens with zero attached hydrogens (tertiary/aromatic N) is 4. The Hall–Kier alpha value is -0.245. The second-order valence-electron chi connectivity index (χ2n) is 5.93. The molecule has 116 valence electrons. The number of fused-ring (bicyclic) bond motifs is 2. The van der Waals surface area contributed by atoms with Crippen LogP contribution in [0.2, 0.25) is 6.82 Å². The summed E-state index contributed by atoms with van der Waals surface area (Å²) < 4.78 is 15.7. The van der Waals surface area contributed by atoms with Crippen molar-refractivity contribution < 1.29 is 9.41 Å². The average Bonchev–Trinajstić information content (AvgIpc) is 2.88. The monoisotopic (exact) mass is 376 g/mol. The van der Waals surface area contributed by atoms with Crippen LogP contribution in [0.3, 0.4) is 0 Å². The Morgan fingerprint density at radius 2 is 2.24 bits per heavy atom. The van der Waals surface area contributed by atoms with Gasteiger partial charge in [0.15, 0.2) is 3.92 Å². The number of halogens is 2. The number of anilines is 1. The molecule has 3 heterocycles. The third-order valence-corrected chi connectivity index (χ3v) is 6.16. The Labute approximate surface area is 136 Å². The van der Waals surface area contributed by atoms with Gasteiger partial charge in [0.2, 0.25) is 5.13 Å². The molecule has 1 N–H and O–H groups in total. The lowest BCUT2D eigenvalue weighted by molar-refractivity contribution is 0.0204. The van der Waals surface area contributed by atoms with Crippen LogP contribution in [0.4, 0.5) is 9.52 Å². The molecule has 0 radical (unpaired) electrons. The lowest BCUT2D eigenvalue weighted by atomic mass is 9.70. The molecule has 21 heavy (non-hydrogen) atoms. The molecule has 2 aliphatic rings. The summed E-state index contributed by atoms with van der Waals surface area (Å²) in [5.41, 5.74) is 0. The van der Waals surface area contributed by atoms with Gasteiger partial charge in [0.05, 0.1) is 6.04 Å². The zero-order valence-corrected chi connectivity index (χ0v) is 14.5. The van der Waals surface area contributed by atoms with E-state index in [0.717, 1.165) is 30.8 Å². The van der Waals surface area contributed by atoms with Crippen LogP contribution in [0, 0.1) is 0 Å². The number of aromatic nitrogens is 2. The fourth-order valence-electron chi connectivity index (χ4n) is 3.80. The van der Waals surface area contributed by atoms with Crippen molar-refractivity contribution in [2.24, 2.45) is 0 Å². The highest BCUT2D eigenvalue weighted by Gasteiger charge is 2.49. The predicted octanol–water partition coefficient (Wildman–Crippen LogP) is 2.18. The van der Waals surface area contributed by atoms with E-state index in [1.54, 1.807) is 6.82 Å². The van der Waals surface area contributed by atoms with Crippen LogP contribution < -0.4 is 4.90 Å². The summed E-state index contributed by atoms with van der Waals surface area (Å²) >= 11 is 4.72. The molecule has 2 unspecified atom stereocenters. The van der Waals surface area contributed by atoms with Gasteiger partial charge in [-0.15, -0.1) is 10.2 Å². The fourth-order valence-corrected chi connectivity index (χ4v) is 4.90. The van der Waals surface area contributed by atoms with Crippen LogP contribution in [-0.2, 0) is 0 Å². The first kappa shape index (κ1) is 15.6. The van der Waals surface area contributed by atoms with Crippen molar-refractivity contribution in [3.8, 4) is 0 Å². The Morgan fingerprint density at radius 1 is 1.48 bits per heavy atom. The van der Waals surface area contributed by atoms with Crippen molar-refractivity contribution in [2.75, 3.05) is 11.9 Å². The Balaban J connectivity index is 1.82. The summed E-state index contributed by atoms with van der Waals surface area (Å²) in [6.07, 6.45) is 2.62. The summed E-state index contributed by atoms with van der Waals surface area (Å²) in [5, 5.41) is 18.7. The third-order valence-electron chi connectivity index (χ3n) is 4.71. The van der Waals surface area contributed by atoms with Crippen molar-refractivity contribution in [2.45, 2.75) is 56.8 Å². The summed E-state index contributed by atoms with van der Waals surface area (Å²) in [4.78, 5) is 3.88. The maximum Gasteiger partial charge on any atom is 0.376 e. The minimum atomic E-state index is -0.983. The lowest BCUT2D eigenvalue weighted by Crippen LogP contribution is -2.66. The molecule has 1 aromatic rings. The maximum absolute atomic E-state index is 15.0. The van der Waals surface area contributed by atoms with Crippen molar-refractivity contribution in [1.29, 1.82) is 0 Å². The predicted molar refractivity (Wildman–Crippen MR) is 86.4 cm³/mol. The minimum absolute atomic E-state index is 0.193. The van der Waals surface area contributed by atoms with E-state index in [-0.39, 0.29) is 18.1 Å². The molecule has 2 bridgehead atoms. The minimum Gasteiger partial charge on any atom is -0.437 e. The molecule has 0 saturated carbocycles. The van der Waals surface area contributed by atoms with Crippen LogP contribution >= 0.6 is 27.3 Å². The highest BCUT2D eigenvalue weighted by molar-refractivity contribution is 9.11. The van der Waals surface area contributed by atoms with Crippen LogP contribution in [-0.4, -0.2) is 58.4 Å². The van der Waals surface area contributed by atoms with Gasteiger partial charge in [-0.05, 0) is 42.0 Å². The summed E-state index contributed by atoms with van der Waals surface area (Å²) in [7, 11) is 1.30. The summed E-state index contributed by atoms with van der Waals surface area (Å²) in [6.45, 7) is 1.74. The van der Waals surface area contributed by atoms with Crippen molar-refractivity contribution in [3.63, 3.8) is 0 Å². The fraction of sp³-hybridized carbons (Fsp3) is 0.833. The topological polar surface area (TPSA) is 52.5 Å². The van der Waals surface area contributed by atoms with Gasteiger partial charge in [-0.1, -0.05) is 17.8 Å². The summed E-state index contributed by atoms with van der Waals surface area (Å²) in [6, 6.07) is -0.143. The quantitative estimate of drug-likeness (QED) is 0.819. The summed E-state index contributed by atoms with van der Waals surface area (Å²) in [5.74, 6) is 0. The van der Waals surface area contributed by atoms with Crippen molar-refractivity contribution >= 4 is 39.4 Å². The van der Waals surface area contributed by atoms with Gasteiger partial charge >= 0.3 is 7.05 Å². The molecule has 1 aromatic heterocycles. The number of alkyl halides is 1. The Morgan fingerprint density at radius 3 is 2.86 bits per heavy atom. The van der Waals surface area contributed by atoms with Gasteiger partial charge in [0.1, 0.15) is 6.17 Å². The van der Waals surface area contributed by atoms with E-state index in [1.807, 2.05) is 16.8 Å². The second kappa shape index (κ2) is 6.10. The number of piperidine rings is 2. The van der Waals surface area contributed by atoms with Crippen molar-refractivity contribution in [3.05, 3.63) is 3.92 Å². The molecule has 0 amide bonds. The van der Waals surface area contributed by atoms with Crippen LogP contribution in [0.5, 0.6) is 0 Å². The smallest absolute Gasteiger partial charge is 0.376 e. The zero-order chi connectivity index (χ0) is 15.1. The zero-order valence-electron chi connectivity index (χ0n) is 12.1. The van der Waals surface area contributed by atoms with Gasteiger partial charge in [-0.3, -0.25) is 0 Å². The molecule has 0 aromatic carbocycles. The Kier molecular flexibility index (Phi) is 4.54. The largest absolute Gasteiger partial charge is 0.437 e. The SMILES string of the molecule is CB(O)N1C2CCCC1[C@H](F)[C@H](N(C)c1nnc(Br)s1)C2. The van der Waals surface area contributed by atoms with Crippen LogP contribution in [0.15, 0.2) is 3.92 Å². The van der Waals surface area contributed by atoms with Gasteiger partial charge in [0, 0.05) is 19.1 Å². The lowest BCUT2D eigenvalue weighted by Gasteiger charge is -2.52. The van der Waals surface area contributed by atoms with Gasteiger partial charge in [-0.25, -0.2) is 4.39 Å². The second-order valence-corrected chi connectivity index (χ2v) is 8.16. The molecule has 4 atom stereocenters. The molecule has 0 spiro atoms. The molecule has 2 aliphatic heterocycles. The molecule has 3 rings (SSSR count). The highest BCUT2D eigenvalue weighted by Crippen LogP contribution is 2.39. The number of hydrogen-bond donors (Lipinski definition) is 1. The van der Waals surface area contributed by atoms with E-state index in [9.17, 15) is 5.02 Å². The van der Waals surface area contributed by atoms with Gasteiger partial charge in [-0.2, -0.15) is 0 Å². The molecule has 2 fully saturated rings. The van der Waals surface area contributed by atoms with E-state index in [2.05, 4.69) is 26.1 Å². The number of hydrogen-bond acceptors (Lipinski definition) is 6. The molecule has 0 aliphatic carbocycles. The standard InChI is InChI=1S/C12H19BBrFN4OS/c1-13(20)19-7-4-3-5-8(19)10(15)9(6-7)18(2)12-17-16-11(14)21-12/h7-10,20H,3-6H2,1-2H3/t7?,8?,9-,10+/m1/s1. The Bertz CT molecular complexity index is 507. The normalized spacial score (nSPS) is 33.0. The van der Waals surface area contributed by atoms with E-state index < -0.39 is 13.2 Å². The van der Waals surface area contributed by atoms with Crippen LogP contribution in [0.25, 0.3) is 0 Å². The molecule has 5 nitrogen and oxygen atoms in total. The first-order valence-electron chi connectivity index (χ1n) is 7.30. The third kappa shape index (κ3) is 2.85. The van der Waals surface area contributed by atoms with E-state index >= 15 is 4.39 Å². The van der Waals surface area contributed by atoms with Crippen molar-refractivity contribution in [1.82, 2.24) is 15.0 Å². The first-order chi connectivity index (χ1) is 9.99. The molecular weight excluding hydrogens is 358 g/mol. The maximum atomic E-state index is 15.0. The van der Waals surface area contributed by atoms with E-state index in [1.165, 1.54) is 11.3 Å². The van der Waals surface area contributed by atoms with E-state index in [4.69, 9.17) is 0 Å². The average molecular weight is 377 g/mol.